The molecule has 2 fully saturated rings. The summed E-state index contributed by atoms with van der Waals surface area (Å²) < 4.78 is 18.2. The van der Waals surface area contributed by atoms with Gasteiger partial charge in [-0.2, -0.15) is 0 Å². The molecule has 10 nitrogen and oxygen atoms in total. The van der Waals surface area contributed by atoms with Crippen molar-refractivity contribution in [3.63, 3.8) is 0 Å². The molecule has 1 aromatic carbocycles. The Hall–Kier alpha value is -3.25. The Morgan fingerprint density at radius 2 is 2.03 bits per heavy atom. The monoisotopic (exact) mass is 480 g/mol. The summed E-state index contributed by atoms with van der Waals surface area (Å²) in [7, 11) is 1.68. The minimum Gasteiger partial charge on any atom is -0.495 e. The number of hydrogen-bond acceptors (Lipinski definition) is 10. The highest BCUT2D eigenvalue weighted by Crippen LogP contribution is 2.37. The van der Waals surface area contributed by atoms with Gasteiger partial charge in [0.15, 0.2) is 17.1 Å². The molecule has 0 amide bonds. The van der Waals surface area contributed by atoms with Crippen LogP contribution in [0.25, 0.3) is 16.2 Å². The first-order chi connectivity index (χ1) is 16.6. The molecule has 0 atom stereocenters. The molecule has 2 aliphatic heterocycles. The maximum absolute atomic E-state index is 10.5. The van der Waals surface area contributed by atoms with Crippen molar-refractivity contribution in [1.82, 2.24) is 19.4 Å². The molecule has 11 heteroatoms. The van der Waals surface area contributed by atoms with Gasteiger partial charge in [0.05, 0.1) is 44.1 Å². The van der Waals surface area contributed by atoms with Crippen LogP contribution in [0.5, 0.6) is 5.75 Å². The fourth-order valence-corrected chi connectivity index (χ4v) is 5.05. The molecule has 0 aliphatic carbocycles. The van der Waals surface area contributed by atoms with Crippen molar-refractivity contribution in [1.29, 1.82) is 0 Å². The third kappa shape index (κ3) is 3.76. The van der Waals surface area contributed by atoms with E-state index in [4.69, 9.17) is 19.2 Å². The summed E-state index contributed by atoms with van der Waals surface area (Å²) in [5.74, 6) is 1.40. The van der Waals surface area contributed by atoms with E-state index < -0.39 is 5.60 Å². The average Bonchev–Trinajstić information content (AvgIpc) is 3.53. The molecule has 176 valence electrons. The molecule has 6 rings (SSSR count). The largest absolute Gasteiger partial charge is 0.495 e. The van der Waals surface area contributed by atoms with Crippen LogP contribution < -0.4 is 15.0 Å². The zero-order chi connectivity index (χ0) is 23.1. The lowest BCUT2D eigenvalue weighted by Crippen LogP contribution is -2.46. The molecule has 3 aromatic heterocycles. The fourth-order valence-electron chi connectivity index (χ4n) is 4.12. The lowest BCUT2D eigenvalue weighted by atomic mass is 10.0. The van der Waals surface area contributed by atoms with Crippen molar-refractivity contribution in [3.8, 4) is 16.3 Å². The molecule has 0 radical (unpaired) electrons. The lowest BCUT2D eigenvalue weighted by Gasteiger charge is -2.34. The first-order valence-electron chi connectivity index (χ1n) is 11.0. The van der Waals surface area contributed by atoms with Crippen LogP contribution in [0.15, 0.2) is 43.0 Å². The Kier molecular flexibility index (Phi) is 5.33. The van der Waals surface area contributed by atoms with Crippen molar-refractivity contribution < 1.29 is 19.3 Å². The van der Waals surface area contributed by atoms with E-state index in [0.29, 0.717) is 29.7 Å². The first-order valence-corrected chi connectivity index (χ1v) is 11.8. The van der Waals surface area contributed by atoms with E-state index in [1.807, 2.05) is 28.9 Å². The number of aliphatic hydroxyl groups is 1. The number of benzene rings is 1. The fraction of sp³-hybridized carbons (Fsp3) is 0.348. The highest BCUT2D eigenvalue weighted by molar-refractivity contribution is 7.15. The molecule has 0 unspecified atom stereocenters. The van der Waals surface area contributed by atoms with Gasteiger partial charge >= 0.3 is 0 Å². The van der Waals surface area contributed by atoms with E-state index in [2.05, 4.69) is 26.3 Å². The second-order valence-corrected chi connectivity index (χ2v) is 9.33. The second-order valence-electron chi connectivity index (χ2n) is 8.30. The molecule has 0 saturated carbocycles. The van der Waals surface area contributed by atoms with Crippen LogP contribution in [0, 0.1) is 0 Å². The van der Waals surface area contributed by atoms with Crippen molar-refractivity contribution in [2.24, 2.45) is 0 Å². The Balaban J connectivity index is 1.32. The quantitative estimate of drug-likeness (QED) is 0.431. The van der Waals surface area contributed by atoms with Gasteiger partial charge in [-0.1, -0.05) is 0 Å². The maximum atomic E-state index is 10.5. The van der Waals surface area contributed by atoms with E-state index in [1.165, 1.54) is 11.3 Å². The van der Waals surface area contributed by atoms with Crippen LogP contribution in [0.1, 0.15) is 5.01 Å². The van der Waals surface area contributed by atoms with Gasteiger partial charge < -0.3 is 33.9 Å². The first kappa shape index (κ1) is 21.3. The zero-order valence-corrected chi connectivity index (χ0v) is 19.4. The number of ether oxygens (including phenoxy) is 3. The number of nitrogens with one attached hydrogen (secondary N) is 1. The second kappa shape index (κ2) is 8.51. The Labute approximate surface area is 199 Å². The molecule has 2 saturated heterocycles. The predicted molar refractivity (Wildman–Crippen MR) is 128 cm³/mol. The predicted octanol–water partition coefficient (Wildman–Crippen LogP) is 2.66. The van der Waals surface area contributed by atoms with E-state index >= 15 is 0 Å². The zero-order valence-electron chi connectivity index (χ0n) is 18.6. The summed E-state index contributed by atoms with van der Waals surface area (Å²) in [6.07, 6.45) is 7.27. The van der Waals surface area contributed by atoms with Gasteiger partial charge in [0, 0.05) is 49.6 Å². The highest BCUT2D eigenvalue weighted by Gasteiger charge is 2.41. The van der Waals surface area contributed by atoms with Crippen LogP contribution in [-0.2, 0) is 15.1 Å². The standard InChI is InChI=1S/C23H24N6O4S/c1-31-18-10-15(2-3-17(18)28-6-8-32-9-7-28)26-20-21-24-4-5-29(21)12-16(27-20)19-11-25-22(34-19)23(30)13-33-14-23/h2-5,10-12,30H,6-9,13-14H2,1H3,(H,26,27). The number of fused-ring (bicyclic) bond motifs is 1. The molecular weight excluding hydrogens is 456 g/mol. The Morgan fingerprint density at radius 3 is 2.79 bits per heavy atom. The number of hydrogen-bond donors (Lipinski definition) is 2. The number of imidazole rings is 1. The number of thiazole rings is 1. The van der Waals surface area contributed by atoms with Crippen LogP contribution in [0.4, 0.5) is 17.2 Å². The topological polar surface area (TPSA) is 106 Å². The van der Waals surface area contributed by atoms with E-state index in [0.717, 1.165) is 40.8 Å². The van der Waals surface area contributed by atoms with Crippen molar-refractivity contribution >= 4 is 34.2 Å². The van der Waals surface area contributed by atoms with Crippen LogP contribution in [0.2, 0.25) is 0 Å². The number of anilines is 3. The Bertz CT molecular complexity index is 1330. The van der Waals surface area contributed by atoms with Gasteiger partial charge in [-0.3, -0.25) is 0 Å². The molecule has 0 bridgehead atoms. The molecule has 4 aromatic rings. The minimum atomic E-state index is -0.998. The number of methoxy groups -OCH3 is 1. The molecule has 34 heavy (non-hydrogen) atoms. The van der Waals surface area contributed by atoms with E-state index in [-0.39, 0.29) is 13.2 Å². The van der Waals surface area contributed by atoms with Gasteiger partial charge in [0.2, 0.25) is 0 Å². The summed E-state index contributed by atoms with van der Waals surface area (Å²) in [6.45, 7) is 3.62. The lowest BCUT2D eigenvalue weighted by molar-refractivity contribution is -0.184. The number of aromatic nitrogens is 4. The normalized spacial score (nSPS) is 17.5. The van der Waals surface area contributed by atoms with Gasteiger partial charge in [-0.15, -0.1) is 11.3 Å². The molecule has 0 spiro atoms. The van der Waals surface area contributed by atoms with Crippen molar-refractivity contribution in [3.05, 3.63) is 48.0 Å². The van der Waals surface area contributed by atoms with Crippen LogP contribution in [0.3, 0.4) is 0 Å². The summed E-state index contributed by atoms with van der Waals surface area (Å²) in [5, 5.41) is 14.6. The summed E-state index contributed by atoms with van der Waals surface area (Å²) in [6, 6.07) is 6.03. The molecule has 2 aliphatic rings. The van der Waals surface area contributed by atoms with Gasteiger partial charge in [-0.25, -0.2) is 15.0 Å². The highest BCUT2D eigenvalue weighted by atomic mass is 32.1. The third-order valence-electron chi connectivity index (χ3n) is 6.01. The van der Waals surface area contributed by atoms with Crippen molar-refractivity contribution in [2.75, 3.05) is 56.8 Å². The average molecular weight is 481 g/mol. The van der Waals surface area contributed by atoms with Crippen LogP contribution in [-0.4, -0.2) is 71.1 Å². The van der Waals surface area contributed by atoms with E-state index in [1.54, 1.807) is 19.5 Å². The number of morpholine rings is 1. The SMILES string of the molecule is COc1cc(Nc2nc(-c3cnc(C4(O)COC4)s3)cn3ccnc23)ccc1N1CCOCC1. The third-order valence-corrected chi connectivity index (χ3v) is 7.22. The molecular formula is C23H24N6O4S. The number of rotatable bonds is 6. The molecule has 2 N–H and O–H groups in total. The number of nitrogens with zero attached hydrogens (tertiary/aromatic N) is 5. The van der Waals surface area contributed by atoms with Crippen molar-refractivity contribution in [2.45, 2.75) is 5.60 Å². The summed E-state index contributed by atoms with van der Waals surface area (Å²) in [4.78, 5) is 16.8. The minimum absolute atomic E-state index is 0.267. The summed E-state index contributed by atoms with van der Waals surface area (Å²) in [5.41, 5.74) is 2.32. The van der Waals surface area contributed by atoms with E-state index in [9.17, 15) is 5.11 Å². The van der Waals surface area contributed by atoms with Gasteiger partial charge in [-0.05, 0) is 12.1 Å². The Morgan fingerprint density at radius 1 is 1.18 bits per heavy atom. The summed E-state index contributed by atoms with van der Waals surface area (Å²) >= 11 is 1.42. The van der Waals surface area contributed by atoms with Crippen LogP contribution >= 0.6 is 11.3 Å². The van der Waals surface area contributed by atoms with Gasteiger partial charge in [0.1, 0.15) is 16.5 Å². The van der Waals surface area contributed by atoms with Gasteiger partial charge in [0.25, 0.3) is 0 Å². The smallest absolute Gasteiger partial charge is 0.180 e. The maximum Gasteiger partial charge on any atom is 0.180 e. The molecule has 5 heterocycles.